The van der Waals surface area contributed by atoms with Crippen molar-refractivity contribution < 1.29 is 27.8 Å². The van der Waals surface area contributed by atoms with Crippen molar-refractivity contribution >= 4 is 17.6 Å². The molecule has 6 rings (SSSR count). The fraction of sp³-hybridized carbons (Fsp3) is 0.406. The van der Waals surface area contributed by atoms with Crippen LogP contribution in [0.15, 0.2) is 60.2 Å². The Morgan fingerprint density at radius 3 is 2.60 bits per heavy atom. The van der Waals surface area contributed by atoms with E-state index in [2.05, 4.69) is 25.4 Å². The van der Waals surface area contributed by atoms with Gasteiger partial charge in [-0.25, -0.2) is 28.4 Å². The molecule has 2 aliphatic rings. The van der Waals surface area contributed by atoms with Gasteiger partial charge in [-0.15, -0.1) is 0 Å². The van der Waals surface area contributed by atoms with Crippen LogP contribution in [-0.2, 0) is 9.53 Å². The van der Waals surface area contributed by atoms with Gasteiger partial charge in [-0.2, -0.15) is 5.10 Å². The minimum absolute atomic E-state index is 0.0388. The van der Waals surface area contributed by atoms with E-state index in [4.69, 9.17) is 9.47 Å². The van der Waals surface area contributed by atoms with Crippen molar-refractivity contribution in [2.24, 2.45) is 0 Å². The second kappa shape index (κ2) is 13.6. The first-order chi connectivity index (χ1) is 23.0. The van der Waals surface area contributed by atoms with Gasteiger partial charge in [-0.3, -0.25) is 23.9 Å². The van der Waals surface area contributed by atoms with Gasteiger partial charge < -0.3 is 19.7 Å². The molecule has 2 fully saturated rings. The highest BCUT2D eigenvalue weighted by atomic mass is 19.1. The molecule has 0 bridgehead atoms. The normalized spacial score (nSPS) is 18.7. The first kappa shape index (κ1) is 32.8. The number of nitrogens with one attached hydrogen (secondary N) is 1. The predicted molar refractivity (Wildman–Crippen MR) is 168 cm³/mol. The summed E-state index contributed by atoms with van der Waals surface area (Å²) < 4.78 is 41.2. The molecule has 3 aromatic heterocycles. The van der Waals surface area contributed by atoms with Gasteiger partial charge in [0.2, 0.25) is 11.8 Å². The van der Waals surface area contributed by atoms with E-state index in [1.165, 1.54) is 23.2 Å². The van der Waals surface area contributed by atoms with Crippen LogP contribution in [0.3, 0.4) is 0 Å². The Morgan fingerprint density at radius 1 is 1.06 bits per heavy atom. The Bertz CT molecular complexity index is 1860. The number of hydrogen-bond acceptors (Lipinski definition) is 10. The van der Waals surface area contributed by atoms with E-state index in [-0.39, 0.29) is 41.2 Å². The van der Waals surface area contributed by atoms with Gasteiger partial charge in [0.15, 0.2) is 17.4 Å². The lowest BCUT2D eigenvalue weighted by molar-refractivity contribution is -0.122. The van der Waals surface area contributed by atoms with Crippen LogP contribution in [0, 0.1) is 11.6 Å². The summed E-state index contributed by atoms with van der Waals surface area (Å²) in [7, 11) is 0. The van der Waals surface area contributed by atoms with Crippen LogP contribution in [-0.4, -0.2) is 88.7 Å². The fourth-order valence-electron chi connectivity index (χ4n) is 5.80. The van der Waals surface area contributed by atoms with Gasteiger partial charge >= 0.3 is 0 Å². The quantitative estimate of drug-likeness (QED) is 0.297. The molecule has 0 radical (unpaired) electrons. The highest BCUT2D eigenvalue weighted by Gasteiger charge is 2.40. The number of ether oxygens (including phenoxy) is 2. The first-order valence-electron chi connectivity index (χ1n) is 15.6. The molecular formula is C32H35F2N9O5. The summed E-state index contributed by atoms with van der Waals surface area (Å²) in [4.78, 5) is 55.6. The Kier molecular flexibility index (Phi) is 9.28. The predicted octanol–water partition coefficient (Wildman–Crippen LogP) is 3.55. The molecule has 16 heteroatoms. The number of carbonyl (C=O) groups is 2. The van der Waals surface area contributed by atoms with Crippen LogP contribution in [0.5, 0.6) is 11.6 Å². The van der Waals surface area contributed by atoms with Gasteiger partial charge in [-0.05, 0) is 52.2 Å². The summed E-state index contributed by atoms with van der Waals surface area (Å²) in [5.41, 5.74) is -0.474. The fourth-order valence-corrected chi connectivity index (χ4v) is 5.80. The summed E-state index contributed by atoms with van der Waals surface area (Å²) in [5.74, 6) is -2.40. The number of halogens is 2. The topological polar surface area (TPSA) is 150 Å². The van der Waals surface area contributed by atoms with Gasteiger partial charge in [0.05, 0.1) is 48.3 Å². The third-order valence-electron chi connectivity index (χ3n) is 8.43. The van der Waals surface area contributed by atoms with E-state index in [0.29, 0.717) is 38.0 Å². The standard InChI is InChI=1S/C32H35F2N9O5/c1-20(30(45)39-26-14-37-27(15-36-26)48-25-8-7-21(33)12-23(25)34)40-9-10-42(32(2,3)19-40)31(46)24-18-41(28(44)16-35-24)22-13-38-43(17-22)29-6-4-5-11-47-29/h7-8,12-18,20,29H,4-6,9-11,19H2,1-3H3,(H,36,39,45)/t20-,29?/m0/s1. The van der Waals surface area contributed by atoms with Crippen LogP contribution >= 0.6 is 0 Å². The summed E-state index contributed by atoms with van der Waals surface area (Å²) in [6, 6.07) is 2.30. The molecule has 48 heavy (non-hydrogen) atoms. The van der Waals surface area contributed by atoms with Crippen LogP contribution in [0.4, 0.5) is 14.6 Å². The lowest BCUT2D eigenvalue weighted by Crippen LogP contribution is -2.63. The summed E-state index contributed by atoms with van der Waals surface area (Å²) in [6.07, 6.45) is 11.0. The molecule has 5 heterocycles. The molecule has 1 aromatic carbocycles. The SMILES string of the molecule is C[C@@H](C(=O)Nc1cnc(Oc2ccc(F)cc2F)cn1)N1CCN(C(=O)c2cn(-c3cnn(C4CCCCO4)c3)c(=O)cn2)C(C)(C)C1. The molecule has 2 aliphatic heterocycles. The Hall–Kier alpha value is -5.09. The molecule has 2 amide bonds. The van der Waals surface area contributed by atoms with E-state index in [1.54, 1.807) is 28.9 Å². The Labute approximate surface area is 274 Å². The van der Waals surface area contributed by atoms with E-state index in [0.717, 1.165) is 37.6 Å². The Balaban J connectivity index is 1.07. The number of amides is 2. The molecule has 252 valence electrons. The second-order valence-electron chi connectivity index (χ2n) is 12.3. The number of aromatic nitrogens is 6. The Morgan fingerprint density at radius 2 is 1.90 bits per heavy atom. The third kappa shape index (κ3) is 7.08. The molecule has 0 saturated carbocycles. The molecule has 14 nitrogen and oxygen atoms in total. The molecule has 2 saturated heterocycles. The lowest BCUT2D eigenvalue weighted by atomic mass is 9.97. The highest BCUT2D eigenvalue weighted by Crippen LogP contribution is 2.26. The molecule has 1 unspecified atom stereocenters. The van der Waals surface area contributed by atoms with Crippen LogP contribution in [0.2, 0.25) is 0 Å². The van der Waals surface area contributed by atoms with Gasteiger partial charge in [-0.1, -0.05) is 0 Å². The molecule has 0 aliphatic carbocycles. The number of carbonyl (C=O) groups excluding carboxylic acids is 2. The molecule has 1 N–H and O–H groups in total. The van der Waals surface area contributed by atoms with Crippen molar-refractivity contribution in [2.45, 2.75) is 57.8 Å². The van der Waals surface area contributed by atoms with Crippen molar-refractivity contribution in [1.29, 1.82) is 0 Å². The molecule has 0 spiro atoms. The van der Waals surface area contributed by atoms with Crippen molar-refractivity contribution in [2.75, 3.05) is 31.6 Å². The minimum Gasteiger partial charge on any atom is -0.434 e. The van der Waals surface area contributed by atoms with Crippen LogP contribution in [0.25, 0.3) is 5.69 Å². The maximum absolute atomic E-state index is 13.9. The zero-order valence-corrected chi connectivity index (χ0v) is 26.7. The number of hydrogen-bond donors (Lipinski definition) is 1. The van der Waals surface area contributed by atoms with Gasteiger partial charge in [0.1, 0.15) is 17.7 Å². The maximum Gasteiger partial charge on any atom is 0.274 e. The molecule has 2 atom stereocenters. The van der Waals surface area contributed by atoms with Crippen molar-refractivity contribution in [3.8, 4) is 17.3 Å². The number of piperazine rings is 1. The number of rotatable bonds is 8. The second-order valence-corrected chi connectivity index (χ2v) is 12.3. The van der Waals surface area contributed by atoms with Crippen molar-refractivity contribution in [3.05, 3.63) is 83.1 Å². The molecular weight excluding hydrogens is 628 g/mol. The summed E-state index contributed by atoms with van der Waals surface area (Å²) >= 11 is 0. The first-order valence-corrected chi connectivity index (χ1v) is 15.6. The monoisotopic (exact) mass is 663 g/mol. The average molecular weight is 664 g/mol. The maximum atomic E-state index is 13.9. The summed E-state index contributed by atoms with van der Waals surface area (Å²) in [6.45, 7) is 7.31. The van der Waals surface area contributed by atoms with Crippen LogP contribution in [0.1, 0.15) is 56.8 Å². The number of benzene rings is 1. The minimum atomic E-state index is -0.887. The highest BCUT2D eigenvalue weighted by molar-refractivity contribution is 5.94. The zero-order chi connectivity index (χ0) is 34.0. The average Bonchev–Trinajstić information content (AvgIpc) is 3.57. The van der Waals surface area contributed by atoms with E-state index in [9.17, 15) is 23.2 Å². The van der Waals surface area contributed by atoms with E-state index < -0.39 is 28.8 Å². The smallest absolute Gasteiger partial charge is 0.274 e. The van der Waals surface area contributed by atoms with Crippen molar-refractivity contribution in [1.82, 2.24) is 39.1 Å². The number of anilines is 1. The van der Waals surface area contributed by atoms with E-state index in [1.807, 2.05) is 18.7 Å². The lowest BCUT2D eigenvalue weighted by Gasteiger charge is -2.48. The zero-order valence-electron chi connectivity index (χ0n) is 26.7. The molecule has 4 aromatic rings. The van der Waals surface area contributed by atoms with Crippen LogP contribution < -0.4 is 15.6 Å². The summed E-state index contributed by atoms with van der Waals surface area (Å²) in [5, 5.41) is 7.09. The third-order valence-corrected chi connectivity index (χ3v) is 8.43. The number of nitrogens with zero attached hydrogens (tertiary/aromatic N) is 8. The van der Waals surface area contributed by atoms with E-state index >= 15 is 0 Å². The van der Waals surface area contributed by atoms with Gasteiger partial charge in [0, 0.05) is 38.5 Å². The largest absolute Gasteiger partial charge is 0.434 e. The van der Waals surface area contributed by atoms with Gasteiger partial charge in [0.25, 0.3) is 11.5 Å². The van der Waals surface area contributed by atoms with Crippen molar-refractivity contribution in [3.63, 3.8) is 0 Å².